The van der Waals surface area contributed by atoms with E-state index in [0.29, 0.717) is 25.9 Å². The predicted octanol–water partition coefficient (Wildman–Crippen LogP) is 0.0890. The van der Waals surface area contributed by atoms with Gasteiger partial charge in [-0.3, -0.25) is 19.3 Å². The van der Waals surface area contributed by atoms with Gasteiger partial charge in [-0.15, -0.1) is 0 Å². The number of nitrogens with two attached hydrogens (primary N) is 1. The van der Waals surface area contributed by atoms with E-state index in [2.05, 4.69) is 0 Å². The summed E-state index contributed by atoms with van der Waals surface area (Å²) in [6.45, 7) is 0.946. The second-order valence-corrected chi connectivity index (χ2v) is 7.25. The SMILES string of the molecule is COC(=O)c1cc(C(=O)OC)cc(N2C(=O)C[C@H](N3CCC(C(N)=O)CC3)C2=O)c1. The fraction of sp³-hybridized carbons (Fsp3) is 0.450. The van der Waals surface area contributed by atoms with Crippen molar-refractivity contribution in [3.8, 4) is 0 Å². The number of esters is 2. The quantitative estimate of drug-likeness (QED) is 0.526. The van der Waals surface area contributed by atoms with E-state index in [-0.39, 0.29) is 35.1 Å². The molecule has 1 atom stereocenters. The van der Waals surface area contributed by atoms with E-state index in [1.807, 2.05) is 4.90 Å². The molecule has 0 bridgehead atoms. The highest BCUT2D eigenvalue weighted by atomic mass is 16.5. The molecule has 30 heavy (non-hydrogen) atoms. The fourth-order valence-electron chi connectivity index (χ4n) is 3.88. The number of methoxy groups -OCH3 is 2. The number of amides is 3. The van der Waals surface area contributed by atoms with Crippen molar-refractivity contribution in [2.75, 3.05) is 32.2 Å². The van der Waals surface area contributed by atoms with Gasteiger partial charge < -0.3 is 15.2 Å². The summed E-state index contributed by atoms with van der Waals surface area (Å²) in [5.74, 6) is -2.92. The van der Waals surface area contributed by atoms with Crippen molar-refractivity contribution in [1.82, 2.24) is 4.90 Å². The molecule has 3 rings (SSSR count). The van der Waals surface area contributed by atoms with E-state index in [1.165, 1.54) is 32.4 Å². The number of hydrogen-bond acceptors (Lipinski definition) is 8. The van der Waals surface area contributed by atoms with E-state index < -0.39 is 29.8 Å². The van der Waals surface area contributed by atoms with Crippen molar-refractivity contribution in [3.63, 3.8) is 0 Å². The van der Waals surface area contributed by atoms with Crippen molar-refractivity contribution < 1.29 is 33.4 Å². The molecule has 0 spiro atoms. The highest BCUT2D eigenvalue weighted by Crippen LogP contribution is 2.30. The molecule has 0 saturated carbocycles. The third kappa shape index (κ3) is 4.04. The lowest BCUT2D eigenvalue weighted by molar-refractivity contribution is -0.124. The lowest BCUT2D eigenvalue weighted by Crippen LogP contribution is -2.47. The van der Waals surface area contributed by atoms with Crippen LogP contribution in [-0.4, -0.2) is 67.9 Å². The summed E-state index contributed by atoms with van der Waals surface area (Å²) in [6.07, 6.45) is 1.02. The number of carbonyl (C=O) groups is 5. The molecule has 3 amide bonds. The average molecular weight is 417 g/mol. The second kappa shape index (κ2) is 8.62. The Morgan fingerprint density at radius 1 is 0.967 bits per heavy atom. The zero-order chi connectivity index (χ0) is 22.0. The molecule has 0 aromatic heterocycles. The Morgan fingerprint density at radius 2 is 1.50 bits per heavy atom. The first-order chi connectivity index (χ1) is 14.3. The zero-order valence-electron chi connectivity index (χ0n) is 16.8. The predicted molar refractivity (Wildman–Crippen MR) is 104 cm³/mol. The molecule has 2 saturated heterocycles. The lowest BCUT2D eigenvalue weighted by Gasteiger charge is -2.33. The minimum absolute atomic E-state index is 0.0155. The van der Waals surface area contributed by atoms with Crippen LogP contribution >= 0.6 is 0 Å². The smallest absolute Gasteiger partial charge is 0.337 e. The number of benzene rings is 1. The molecule has 1 aromatic rings. The number of anilines is 1. The van der Waals surface area contributed by atoms with E-state index in [1.54, 1.807) is 0 Å². The normalized spacial score (nSPS) is 20.3. The van der Waals surface area contributed by atoms with E-state index in [9.17, 15) is 24.0 Å². The number of carbonyl (C=O) groups excluding carboxylic acids is 5. The van der Waals surface area contributed by atoms with Gasteiger partial charge in [0, 0.05) is 5.92 Å². The van der Waals surface area contributed by atoms with Crippen LogP contribution in [-0.2, 0) is 23.9 Å². The number of primary amides is 1. The maximum atomic E-state index is 13.1. The van der Waals surface area contributed by atoms with Gasteiger partial charge >= 0.3 is 11.9 Å². The van der Waals surface area contributed by atoms with Gasteiger partial charge in [-0.05, 0) is 44.1 Å². The summed E-state index contributed by atoms with van der Waals surface area (Å²) in [5.41, 5.74) is 5.48. The average Bonchev–Trinajstić information content (AvgIpc) is 3.06. The summed E-state index contributed by atoms with van der Waals surface area (Å²) in [5, 5.41) is 0. The summed E-state index contributed by atoms with van der Waals surface area (Å²) in [4.78, 5) is 63.9. The maximum absolute atomic E-state index is 13.1. The zero-order valence-corrected chi connectivity index (χ0v) is 16.8. The topological polar surface area (TPSA) is 136 Å². The molecule has 2 N–H and O–H groups in total. The number of imide groups is 1. The van der Waals surface area contributed by atoms with Gasteiger partial charge in [0.05, 0.1) is 43.5 Å². The number of nitrogens with zero attached hydrogens (tertiary/aromatic N) is 2. The van der Waals surface area contributed by atoms with Gasteiger partial charge in [0.1, 0.15) is 0 Å². The maximum Gasteiger partial charge on any atom is 0.337 e. The molecule has 160 valence electrons. The van der Waals surface area contributed by atoms with Crippen LogP contribution in [0.25, 0.3) is 0 Å². The largest absolute Gasteiger partial charge is 0.465 e. The minimum Gasteiger partial charge on any atom is -0.465 e. The molecule has 10 nitrogen and oxygen atoms in total. The summed E-state index contributed by atoms with van der Waals surface area (Å²) in [6, 6.07) is 3.26. The van der Waals surface area contributed by atoms with Gasteiger partial charge in [0.25, 0.3) is 5.91 Å². The summed E-state index contributed by atoms with van der Waals surface area (Å²) < 4.78 is 9.39. The van der Waals surface area contributed by atoms with Crippen LogP contribution in [0.15, 0.2) is 18.2 Å². The second-order valence-electron chi connectivity index (χ2n) is 7.25. The van der Waals surface area contributed by atoms with Gasteiger partial charge in [-0.1, -0.05) is 0 Å². The molecule has 10 heteroatoms. The first kappa shape index (κ1) is 21.4. The third-order valence-corrected chi connectivity index (χ3v) is 5.51. The Balaban J connectivity index is 1.88. The van der Waals surface area contributed by atoms with Gasteiger partial charge in [-0.2, -0.15) is 0 Å². The van der Waals surface area contributed by atoms with Gasteiger partial charge in [0.15, 0.2) is 0 Å². The number of rotatable bonds is 5. The van der Waals surface area contributed by atoms with Crippen LogP contribution in [0.4, 0.5) is 5.69 Å². The van der Waals surface area contributed by atoms with Gasteiger partial charge in [0.2, 0.25) is 11.8 Å². The van der Waals surface area contributed by atoms with Crippen LogP contribution in [0.3, 0.4) is 0 Å². The first-order valence-corrected chi connectivity index (χ1v) is 9.48. The van der Waals surface area contributed by atoms with Crippen LogP contribution < -0.4 is 10.6 Å². The van der Waals surface area contributed by atoms with Crippen molar-refractivity contribution in [3.05, 3.63) is 29.3 Å². The molecular weight excluding hydrogens is 394 g/mol. The van der Waals surface area contributed by atoms with Crippen molar-refractivity contribution >= 4 is 35.3 Å². The minimum atomic E-state index is -0.717. The Kier molecular flexibility index (Phi) is 6.16. The summed E-state index contributed by atoms with van der Waals surface area (Å²) >= 11 is 0. The summed E-state index contributed by atoms with van der Waals surface area (Å²) in [7, 11) is 2.37. The Hall–Kier alpha value is -3.27. The first-order valence-electron chi connectivity index (χ1n) is 9.48. The number of hydrogen-bond donors (Lipinski definition) is 1. The third-order valence-electron chi connectivity index (χ3n) is 5.51. The molecule has 2 heterocycles. The molecule has 0 unspecified atom stereocenters. The van der Waals surface area contributed by atoms with E-state index in [4.69, 9.17) is 15.2 Å². The lowest BCUT2D eigenvalue weighted by atomic mass is 9.95. The highest BCUT2D eigenvalue weighted by Gasteiger charge is 2.44. The van der Waals surface area contributed by atoms with E-state index in [0.717, 1.165) is 4.90 Å². The number of piperidine rings is 1. The molecule has 2 aliphatic heterocycles. The number of likely N-dealkylation sites (tertiary alicyclic amines) is 1. The van der Waals surface area contributed by atoms with Crippen molar-refractivity contribution in [2.24, 2.45) is 11.7 Å². The van der Waals surface area contributed by atoms with Crippen LogP contribution in [0, 0.1) is 5.92 Å². The van der Waals surface area contributed by atoms with Crippen molar-refractivity contribution in [2.45, 2.75) is 25.3 Å². The molecule has 0 radical (unpaired) electrons. The Morgan fingerprint density at radius 3 is 1.97 bits per heavy atom. The Labute approximate surface area is 172 Å². The molecular formula is C20H23N3O7. The standard InChI is InChI=1S/C20H23N3O7/c1-29-19(27)12-7-13(20(28)30-2)9-14(8-12)23-16(24)10-15(18(23)26)22-5-3-11(4-6-22)17(21)25/h7-9,11,15H,3-6,10H2,1-2H3,(H2,21,25)/t15-/m0/s1. The molecule has 2 fully saturated rings. The molecule has 2 aliphatic rings. The van der Waals surface area contributed by atoms with Gasteiger partial charge in [-0.25, -0.2) is 14.5 Å². The Bertz CT molecular complexity index is 871. The monoisotopic (exact) mass is 417 g/mol. The van der Waals surface area contributed by atoms with Crippen LogP contribution in [0.5, 0.6) is 0 Å². The molecule has 0 aliphatic carbocycles. The fourth-order valence-corrected chi connectivity index (χ4v) is 3.88. The number of ether oxygens (including phenoxy) is 2. The van der Waals surface area contributed by atoms with Crippen LogP contribution in [0.1, 0.15) is 40.0 Å². The van der Waals surface area contributed by atoms with Crippen LogP contribution in [0.2, 0.25) is 0 Å². The molecule has 1 aromatic carbocycles. The van der Waals surface area contributed by atoms with Crippen molar-refractivity contribution in [1.29, 1.82) is 0 Å². The van der Waals surface area contributed by atoms with E-state index >= 15 is 0 Å². The highest BCUT2D eigenvalue weighted by molar-refractivity contribution is 6.23.